The Morgan fingerprint density at radius 2 is 1.98 bits per heavy atom. The molecule has 1 aromatic carbocycles. The lowest BCUT2D eigenvalue weighted by Gasteiger charge is -2.33. The number of rotatable bonds is 8. The van der Waals surface area contributed by atoms with Crippen LogP contribution in [0.15, 0.2) is 47.2 Å². The molecule has 10 nitrogen and oxygen atoms in total. The molecule has 1 saturated heterocycles. The molecule has 4 heterocycles. The Hall–Kier alpha value is -3.88. The maximum absolute atomic E-state index is 14.4. The highest BCUT2D eigenvalue weighted by Crippen LogP contribution is 2.38. The van der Waals surface area contributed by atoms with Gasteiger partial charge in [-0.2, -0.15) is 23.3 Å². The molecule has 1 aliphatic rings. The molecule has 0 radical (unpaired) electrons. The number of hydrogen-bond donors (Lipinski definition) is 2. The van der Waals surface area contributed by atoms with E-state index in [1.807, 2.05) is 4.90 Å². The van der Waals surface area contributed by atoms with E-state index in [-0.39, 0.29) is 23.2 Å². The number of aliphatic hydroxyl groups excluding tert-OH is 1. The van der Waals surface area contributed by atoms with Gasteiger partial charge in [0, 0.05) is 31.3 Å². The second-order valence-corrected chi connectivity index (χ2v) is 10.1. The first-order chi connectivity index (χ1) is 19.5. The number of piperidine rings is 1. The Morgan fingerprint density at radius 3 is 2.66 bits per heavy atom. The SMILES string of the molecule is O=C(O)C[C@H]1CCCN(C[C@@H](O)c2ccc(-c3noc(-c4cnn(-c5ncc(Cl)cc5F)c4C(F)(F)F)n3)cc2)C1. The van der Waals surface area contributed by atoms with Gasteiger partial charge in [-0.3, -0.25) is 4.79 Å². The van der Waals surface area contributed by atoms with E-state index in [2.05, 4.69) is 20.2 Å². The van der Waals surface area contributed by atoms with E-state index in [0.717, 1.165) is 37.8 Å². The number of likely N-dealkylation sites (tertiary alicyclic amines) is 1. The van der Waals surface area contributed by atoms with Gasteiger partial charge < -0.3 is 19.6 Å². The van der Waals surface area contributed by atoms with Crippen molar-refractivity contribution >= 4 is 17.6 Å². The fraction of sp³-hybridized carbons (Fsp3) is 0.346. The van der Waals surface area contributed by atoms with Gasteiger partial charge >= 0.3 is 12.1 Å². The zero-order valence-electron chi connectivity index (χ0n) is 21.2. The summed E-state index contributed by atoms with van der Waals surface area (Å²) in [4.78, 5) is 20.8. The first kappa shape index (κ1) is 28.6. The Balaban J connectivity index is 1.34. The fourth-order valence-electron chi connectivity index (χ4n) is 4.89. The quantitative estimate of drug-likeness (QED) is 0.270. The van der Waals surface area contributed by atoms with Crippen molar-refractivity contribution in [2.45, 2.75) is 31.5 Å². The molecule has 0 spiro atoms. The van der Waals surface area contributed by atoms with Crippen LogP contribution in [0.1, 0.15) is 36.6 Å². The van der Waals surface area contributed by atoms with Crippen LogP contribution in [-0.2, 0) is 11.0 Å². The van der Waals surface area contributed by atoms with Gasteiger partial charge in [-0.05, 0) is 36.9 Å². The minimum Gasteiger partial charge on any atom is -0.481 e. The van der Waals surface area contributed by atoms with Crippen LogP contribution in [0, 0.1) is 11.7 Å². The topological polar surface area (TPSA) is 130 Å². The molecule has 1 aliphatic heterocycles. The van der Waals surface area contributed by atoms with Crippen LogP contribution in [0.25, 0.3) is 28.7 Å². The minimum absolute atomic E-state index is 0.00902. The first-order valence-electron chi connectivity index (χ1n) is 12.5. The lowest BCUT2D eigenvalue weighted by molar-refractivity contribution is -0.142. The zero-order chi connectivity index (χ0) is 29.3. The molecule has 0 saturated carbocycles. The zero-order valence-corrected chi connectivity index (χ0v) is 22.0. The summed E-state index contributed by atoms with van der Waals surface area (Å²) >= 11 is 5.67. The highest BCUT2D eigenvalue weighted by atomic mass is 35.5. The molecule has 0 bridgehead atoms. The molecular formula is C26H23ClF4N6O4. The number of carboxylic acid groups (broad SMARTS) is 1. The molecule has 0 aliphatic carbocycles. The van der Waals surface area contributed by atoms with Crippen molar-refractivity contribution in [1.29, 1.82) is 0 Å². The normalized spacial score (nSPS) is 17.1. The van der Waals surface area contributed by atoms with Crippen molar-refractivity contribution in [3.8, 4) is 28.7 Å². The molecule has 2 N–H and O–H groups in total. The highest BCUT2D eigenvalue weighted by Gasteiger charge is 2.41. The van der Waals surface area contributed by atoms with Gasteiger partial charge in [0.15, 0.2) is 17.3 Å². The summed E-state index contributed by atoms with van der Waals surface area (Å²) in [7, 11) is 0. The maximum atomic E-state index is 14.4. The van der Waals surface area contributed by atoms with Crippen LogP contribution in [0.3, 0.4) is 0 Å². The number of aliphatic carboxylic acids is 1. The Bertz CT molecular complexity index is 1540. The Kier molecular flexibility index (Phi) is 8.07. The van der Waals surface area contributed by atoms with Gasteiger partial charge in [-0.25, -0.2) is 14.1 Å². The van der Waals surface area contributed by atoms with E-state index < -0.39 is 47.0 Å². The molecule has 4 aromatic rings. The van der Waals surface area contributed by atoms with Gasteiger partial charge in [-0.1, -0.05) is 41.0 Å². The highest BCUT2D eigenvalue weighted by molar-refractivity contribution is 6.30. The number of halogens is 5. The van der Waals surface area contributed by atoms with Crippen molar-refractivity contribution in [3.05, 3.63) is 64.8 Å². The van der Waals surface area contributed by atoms with Crippen molar-refractivity contribution in [1.82, 2.24) is 29.8 Å². The summed E-state index contributed by atoms with van der Waals surface area (Å²) in [6.07, 6.45) is -2.21. The third-order valence-corrected chi connectivity index (χ3v) is 6.94. The molecule has 216 valence electrons. The van der Waals surface area contributed by atoms with Gasteiger partial charge in [0.05, 0.1) is 22.9 Å². The molecule has 15 heteroatoms. The third kappa shape index (κ3) is 6.39. The van der Waals surface area contributed by atoms with Crippen LogP contribution in [-0.4, -0.2) is 65.6 Å². The van der Waals surface area contributed by atoms with E-state index in [9.17, 15) is 27.5 Å². The summed E-state index contributed by atoms with van der Waals surface area (Å²) in [6.45, 7) is 1.67. The van der Waals surface area contributed by atoms with Gasteiger partial charge in [0.1, 0.15) is 0 Å². The molecular weight excluding hydrogens is 572 g/mol. The lowest BCUT2D eigenvalue weighted by Crippen LogP contribution is -2.38. The molecule has 0 amide bonds. The summed E-state index contributed by atoms with van der Waals surface area (Å²) in [5, 5.41) is 27.1. The summed E-state index contributed by atoms with van der Waals surface area (Å²) in [5.74, 6) is -3.11. The van der Waals surface area contributed by atoms with Gasteiger partial charge in [0.25, 0.3) is 5.89 Å². The van der Waals surface area contributed by atoms with E-state index in [1.54, 1.807) is 24.3 Å². The average molecular weight is 595 g/mol. The van der Waals surface area contributed by atoms with E-state index in [0.29, 0.717) is 28.9 Å². The van der Waals surface area contributed by atoms with Crippen molar-refractivity contribution in [3.63, 3.8) is 0 Å². The predicted molar refractivity (Wildman–Crippen MR) is 136 cm³/mol. The lowest BCUT2D eigenvalue weighted by atomic mass is 9.94. The molecule has 41 heavy (non-hydrogen) atoms. The fourth-order valence-corrected chi connectivity index (χ4v) is 5.03. The second kappa shape index (κ2) is 11.5. The Morgan fingerprint density at radius 1 is 1.22 bits per heavy atom. The van der Waals surface area contributed by atoms with E-state index in [4.69, 9.17) is 21.2 Å². The van der Waals surface area contributed by atoms with E-state index >= 15 is 0 Å². The first-order valence-corrected chi connectivity index (χ1v) is 12.9. The van der Waals surface area contributed by atoms with Crippen LogP contribution >= 0.6 is 11.6 Å². The van der Waals surface area contributed by atoms with Crippen LogP contribution in [0.5, 0.6) is 0 Å². The maximum Gasteiger partial charge on any atom is 0.434 e. The number of carbonyl (C=O) groups is 1. The van der Waals surface area contributed by atoms with E-state index in [1.165, 1.54) is 0 Å². The summed E-state index contributed by atoms with van der Waals surface area (Å²) < 4.78 is 61.9. The molecule has 3 aromatic heterocycles. The summed E-state index contributed by atoms with van der Waals surface area (Å²) in [5.41, 5.74) is -0.914. The largest absolute Gasteiger partial charge is 0.481 e. The van der Waals surface area contributed by atoms with Crippen LogP contribution < -0.4 is 0 Å². The monoisotopic (exact) mass is 594 g/mol. The number of hydrogen-bond acceptors (Lipinski definition) is 8. The predicted octanol–water partition coefficient (Wildman–Crippen LogP) is 5.02. The number of benzene rings is 1. The van der Waals surface area contributed by atoms with Crippen LogP contribution in [0.2, 0.25) is 5.02 Å². The minimum atomic E-state index is -4.98. The summed E-state index contributed by atoms with van der Waals surface area (Å²) in [6, 6.07) is 7.29. The van der Waals surface area contributed by atoms with Crippen LogP contribution in [0.4, 0.5) is 17.6 Å². The number of nitrogens with zero attached hydrogens (tertiary/aromatic N) is 6. The number of aromatic nitrogens is 5. The molecule has 1 fully saturated rings. The average Bonchev–Trinajstić information content (AvgIpc) is 3.56. The number of carboxylic acids is 1. The third-order valence-electron chi connectivity index (χ3n) is 6.73. The number of pyridine rings is 1. The molecule has 2 atom stereocenters. The number of β-amino-alcohol motifs (C(OH)–C–C–N with tert-alkyl or cyclic N) is 1. The molecule has 0 unspecified atom stereocenters. The van der Waals surface area contributed by atoms with Crippen molar-refractivity contribution < 1.29 is 37.1 Å². The second-order valence-electron chi connectivity index (χ2n) is 9.70. The van der Waals surface area contributed by atoms with Gasteiger partial charge in [-0.15, -0.1) is 0 Å². The number of aliphatic hydroxyl groups is 1. The van der Waals surface area contributed by atoms with Gasteiger partial charge in [0.2, 0.25) is 5.82 Å². The standard InChI is InChI=1S/C26H23ClF4N6O4/c27-17-9-19(28)24(32-10-17)37-22(26(29,30)31)18(11-33-37)25-34-23(35-41-25)16-5-3-15(4-6-16)20(38)13-36-7-1-2-14(12-36)8-21(39)40/h3-6,9-11,14,20,38H,1-2,7-8,12-13H2,(H,39,40)/t14-,20-/m1/s1. The smallest absolute Gasteiger partial charge is 0.434 e. The van der Waals surface area contributed by atoms with Crippen molar-refractivity contribution in [2.24, 2.45) is 5.92 Å². The number of alkyl halides is 3. The molecule has 5 rings (SSSR count). The van der Waals surface area contributed by atoms with Crippen molar-refractivity contribution in [2.75, 3.05) is 19.6 Å². The Labute approximate surface area is 235 Å².